The van der Waals surface area contributed by atoms with Gasteiger partial charge in [-0.15, -0.1) is 0 Å². The van der Waals surface area contributed by atoms with Gasteiger partial charge in [-0.3, -0.25) is 9.10 Å². The van der Waals surface area contributed by atoms with Crippen molar-refractivity contribution in [2.24, 2.45) is 0 Å². The summed E-state index contributed by atoms with van der Waals surface area (Å²) in [7, 11) is -3.95. The molecule has 0 spiro atoms. The van der Waals surface area contributed by atoms with E-state index in [-0.39, 0.29) is 23.8 Å². The van der Waals surface area contributed by atoms with E-state index >= 15 is 0 Å². The number of nitrogens with zero attached hydrogens (tertiary/aromatic N) is 1. The van der Waals surface area contributed by atoms with Gasteiger partial charge in [0.2, 0.25) is 5.91 Å². The third kappa shape index (κ3) is 5.70. The number of carbonyl (C=O) groups is 1. The Morgan fingerprint density at radius 2 is 1.55 bits per heavy atom. The van der Waals surface area contributed by atoms with Gasteiger partial charge in [0, 0.05) is 6.54 Å². The predicted molar refractivity (Wildman–Crippen MR) is 120 cm³/mol. The Bertz CT molecular complexity index is 1110. The maximum absolute atomic E-state index is 13.3. The van der Waals surface area contributed by atoms with Crippen molar-refractivity contribution in [2.75, 3.05) is 10.8 Å². The van der Waals surface area contributed by atoms with Crippen molar-refractivity contribution < 1.29 is 17.6 Å². The number of rotatable bonds is 8. The Kier molecular flexibility index (Phi) is 7.07. The molecule has 0 aliphatic carbocycles. The molecule has 0 aliphatic heterocycles. The maximum atomic E-state index is 13.3. The van der Waals surface area contributed by atoms with E-state index < -0.39 is 15.9 Å². The van der Waals surface area contributed by atoms with Crippen molar-refractivity contribution in [3.8, 4) is 0 Å². The molecular weight excluding hydrogens is 415 g/mol. The SMILES string of the molecule is CC(C)c1ccc(N(CC(=O)NCc2ccc(F)cc2)S(=O)(=O)c2ccccc2)cc1. The molecule has 0 radical (unpaired) electrons. The van der Waals surface area contributed by atoms with Crippen LogP contribution in [0.3, 0.4) is 0 Å². The van der Waals surface area contributed by atoms with Gasteiger partial charge in [0.15, 0.2) is 0 Å². The van der Waals surface area contributed by atoms with Crippen LogP contribution in [0.25, 0.3) is 0 Å². The quantitative estimate of drug-likeness (QED) is 0.562. The van der Waals surface area contributed by atoms with Crippen molar-refractivity contribution >= 4 is 21.6 Å². The molecule has 0 bridgehead atoms. The fourth-order valence-electron chi connectivity index (χ4n) is 3.05. The number of hydrogen-bond donors (Lipinski definition) is 1. The van der Waals surface area contributed by atoms with Crippen LogP contribution in [0, 0.1) is 5.82 Å². The molecule has 3 aromatic carbocycles. The van der Waals surface area contributed by atoms with Crippen LogP contribution < -0.4 is 9.62 Å². The van der Waals surface area contributed by atoms with Crippen molar-refractivity contribution in [1.82, 2.24) is 5.32 Å². The van der Waals surface area contributed by atoms with Crippen LogP contribution in [0.1, 0.15) is 30.9 Å². The smallest absolute Gasteiger partial charge is 0.264 e. The number of anilines is 1. The van der Waals surface area contributed by atoms with E-state index in [1.807, 2.05) is 12.1 Å². The van der Waals surface area contributed by atoms with Gasteiger partial charge >= 0.3 is 0 Å². The molecule has 5 nitrogen and oxygen atoms in total. The number of carbonyl (C=O) groups excluding carboxylic acids is 1. The molecule has 0 saturated heterocycles. The topological polar surface area (TPSA) is 66.5 Å². The van der Waals surface area contributed by atoms with Crippen molar-refractivity contribution in [3.63, 3.8) is 0 Å². The normalized spacial score (nSPS) is 11.4. The first kappa shape index (κ1) is 22.5. The van der Waals surface area contributed by atoms with Gasteiger partial charge in [-0.25, -0.2) is 12.8 Å². The summed E-state index contributed by atoms with van der Waals surface area (Å²) in [5, 5.41) is 2.70. The van der Waals surface area contributed by atoms with E-state index in [1.165, 1.54) is 24.3 Å². The fourth-order valence-corrected chi connectivity index (χ4v) is 4.49. The Labute approximate surface area is 182 Å². The van der Waals surface area contributed by atoms with E-state index in [0.717, 1.165) is 9.87 Å². The summed E-state index contributed by atoms with van der Waals surface area (Å²) in [5.41, 5.74) is 2.19. The number of nitrogens with one attached hydrogen (secondary N) is 1. The molecule has 0 unspecified atom stereocenters. The highest BCUT2D eigenvalue weighted by atomic mass is 32.2. The van der Waals surface area contributed by atoms with Crippen LogP contribution >= 0.6 is 0 Å². The molecule has 0 heterocycles. The summed E-state index contributed by atoms with van der Waals surface area (Å²) < 4.78 is 40.8. The van der Waals surface area contributed by atoms with Crippen LogP contribution in [-0.4, -0.2) is 20.9 Å². The standard InChI is InChI=1S/C24H25FN2O3S/c1-18(2)20-10-14-22(15-11-20)27(31(29,30)23-6-4-3-5-7-23)17-24(28)26-16-19-8-12-21(25)13-9-19/h3-15,18H,16-17H2,1-2H3,(H,26,28). The van der Waals surface area contributed by atoms with Crippen LogP contribution in [0.5, 0.6) is 0 Å². The van der Waals surface area contributed by atoms with Gasteiger partial charge in [-0.2, -0.15) is 0 Å². The Balaban J connectivity index is 1.84. The summed E-state index contributed by atoms with van der Waals surface area (Å²) in [5.74, 6) is -0.524. The predicted octanol–water partition coefficient (Wildman–Crippen LogP) is 4.46. The molecule has 0 atom stereocenters. The summed E-state index contributed by atoms with van der Waals surface area (Å²) in [4.78, 5) is 12.7. The van der Waals surface area contributed by atoms with Gasteiger partial charge in [0.25, 0.3) is 10.0 Å². The molecule has 3 rings (SSSR count). The van der Waals surface area contributed by atoms with Crippen LogP contribution in [-0.2, 0) is 21.4 Å². The van der Waals surface area contributed by atoms with E-state index in [1.54, 1.807) is 42.5 Å². The third-order valence-electron chi connectivity index (χ3n) is 4.87. The molecule has 31 heavy (non-hydrogen) atoms. The largest absolute Gasteiger partial charge is 0.350 e. The summed E-state index contributed by atoms with van der Waals surface area (Å²) in [6, 6.07) is 20.9. The molecule has 0 aliphatic rings. The Morgan fingerprint density at radius 1 is 0.935 bits per heavy atom. The average Bonchev–Trinajstić information content (AvgIpc) is 2.77. The number of amides is 1. The summed E-state index contributed by atoms with van der Waals surface area (Å²) >= 11 is 0. The minimum absolute atomic E-state index is 0.106. The first-order valence-corrected chi connectivity index (χ1v) is 11.4. The first-order chi connectivity index (χ1) is 14.8. The number of halogens is 1. The second-order valence-electron chi connectivity index (χ2n) is 7.47. The minimum atomic E-state index is -3.95. The molecule has 0 saturated carbocycles. The van der Waals surface area contributed by atoms with Gasteiger partial charge in [0.1, 0.15) is 12.4 Å². The minimum Gasteiger partial charge on any atom is -0.350 e. The maximum Gasteiger partial charge on any atom is 0.264 e. The highest BCUT2D eigenvalue weighted by Crippen LogP contribution is 2.25. The molecule has 162 valence electrons. The Hall–Kier alpha value is -3.19. The van der Waals surface area contributed by atoms with Gasteiger partial charge in [0.05, 0.1) is 10.6 Å². The van der Waals surface area contributed by atoms with Crippen molar-refractivity contribution in [3.05, 3.63) is 95.8 Å². The monoisotopic (exact) mass is 440 g/mol. The van der Waals surface area contributed by atoms with Gasteiger partial charge in [-0.1, -0.05) is 56.3 Å². The first-order valence-electron chi connectivity index (χ1n) is 9.96. The average molecular weight is 441 g/mol. The number of hydrogen-bond acceptors (Lipinski definition) is 3. The lowest BCUT2D eigenvalue weighted by Gasteiger charge is -2.24. The second kappa shape index (κ2) is 9.75. The van der Waals surface area contributed by atoms with E-state index in [0.29, 0.717) is 17.2 Å². The fraction of sp³-hybridized carbons (Fsp3) is 0.208. The Morgan fingerprint density at radius 3 is 2.13 bits per heavy atom. The molecular formula is C24H25FN2O3S. The second-order valence-corrected chi connectivity index (χ2v) is 9.34. The zero-order chi connectivity index (χ0) is 22.4. The molecule has 1 amide bonds. The zero-order valence-electron chi connectivity index (χ0n) is 17.5. The van der Waals surface area contributed by atoms with Crippen LogP contribution in [0.2, 0.25) is 0 Å². The molecule has 3 aromatic rings. The molecule has 1 N–H and O–H groups in total. The molecule has 7 heteroatoms. The highest BCUT2D eigenvalue weighted by molar-refractivity contribution is 7.92. The highest BCUT2D eigenvalue weighted by Gasteiger charge is 2.27. The summed E-state index contributed by atoms with van der Waals surface area (Å²) in [6.07, 6.45) is 0. The van der Waals surface area contributed by atoms with Crippen LogP contribution in [0.15, 0.2) is 83.8 Å². The lowest BCUT2D eigenvalue weighted by molar-refractivity contribution is -0.119. The lowest BCUT2D eigenvalue weighted by Crippen LogP contribution is -2.40. The van der Waals surface area contributed by atoms with Crippen molar-refractivity contribution in [2.45, 2.75) is 31.2 Å². The van der Waals surface area contributed by atoms with E-state index in [9.17, 15) is 17.6 Å². The van der Waals surface area contributed by atoms with E-state index in [2.05, 4.69) is 19.2 Å². The van der Waals surface area contributed by atoms with Crippen LogP contribution in [0.4, 0.5) is 10.1 Å². The molecule has 0 fully saturated rings. The van der Waals surface area contributed by atoms with E-state index in [4.69, 9.17) is 0 Å². The van der Waals surface area contributed by atoms with Gasteiger partial charge < -0.3 is 5.32 Å². The zero-order valence-corrected chi connectivity index (χ0v) is 18.3. The summed E-state index contributed by atoms with van der Waals surface area (Å²) in [6.45, 7) is 3.90. The number of benzene rings is 3. The number of sulfonamides is 1. The third-order valence-corrected chi connectivity index (χ3v) is 6.66. The lowest BCUT2D eigenvalue weighted by atomic mass is 10.0. The molecule has 0 aromatic heterocycles. The van der Waals surface area contributed by atoms with Crippen molar-refractivity contribution in [1.29, 1.82) is 0 Å². The van der Waals surface area contributed by atoms with Gasteiger partial charge in [-0.05, 0) is 53.4 Å².